The second-order valence-corrected chi connectivity index (χ2v) is 11.1. The highest BCUT2D eigenvalue weighted by Crippen LogP contribution is 2.29. The lowest BCUT2D eigenvalue weighted by molar-refractivity contribution is -0.139. The van der Waals surface area contributed by atoms with Crippen molar-refractivity contribution in [3.05, 3.63) is 53.7 Å². The van der Waals surface area contributed by atoms with Gasteiger partial charge in [-0.05, 0) is 89.1 Å². The van der Waals surface area contributed by atoms with Gasteiger partial charge in [-0.25, -0.2) is 14.6 Å². The molecule has 0 bridgehead atoms. The third kappa shape index (κ3) is 8.33. The zero-order valence-electron chi connectivity index (χ0n) is 23.3. The quantitative estimate of drug-likeness (QED) is 0.310. The zero-order chi connectivity index (χ0) is 27.7. The minimum atomic E-state index is -1.01. The van der Waals surface area contributed by atoms with Crippen LogP contribution in [-0.2, 0) is 17.6 Å². The number of rotatable bonds is 14. The monoisotopic (exact) mass is 537 g/mol. The fourth-order valence-electron chi connectivity index (χ4n) is 5.14. The number of aliphatic carboxylic acids is 1. The number of unbranched alkanes of at least 4 members (excludes halogenated alkanes) is 1. The van der Waals surface area contributed by atoms with E-state index in [0.717, 1.165) is 68.9 Å². The highest BCUT2D eigenvalue weighted by atomic mass is 16.5. The molecule has 2 amide bonds. The van der Waals surface area contributed by atoms with Gasteiger partial charge in [0.15, 0.2) is 0 Å². The van der Waals surface area contributed by atoms with Crippen LogP contribution in [0.1, 0.15) is 57.2 Å². The van der Waals surface area contributed by atoms with Crippen LogP contribution in [0.4, 0.5) is 10.6 Å². The SMILES string of the molecule is CC1(C)CCN1C(=O)N[C@@H](CCN(CCCCc1ccc2c(n1)NCCC2)CCOc1ccccc1)C(=O)O. The Balaban J connectivity index is 1.28. The molecule has 1 saturated heterocycles. The number of hydrogen-bond donors (Lipinski definition) is 3. The Kier molecular flexibility index (Phi) is 10.0. The van der Waals surface area contributed by atoms with Crippen molar-refractivity contribution in [3.8, 4) is 5.75 Å². The van der Waals surface area contributed by atoms with Gasteiger partial charge in [0.1, 0.15) is 24.2 Å². The van der Waals surface area contributed by atoms with Crippen LogP contribution in [-0.4, -0.2) is 82.8 Å². The van der Waals surface area contributed by atoms with Crippen molar-refractivity contribution in [1.29, 1.82) is 0 Å². The molecular formula is C30H43N5O4. The van der Waals surface area contributed by atoms with Gasteiger partial charge in [0, 0.05) is 37.4 Å². The molecule has 1 aromatic carbocycles. The second kappa shape index (κ2) is 13.6. The van der Waals surface area contributed by atoms with E-state index in [1.807, 2.05) is 44.2 Å². The van der Waals surface area contributed by atoms with E-state index in [1.54, 1.807) is 4.90 Å². The smallest absolute Gasteiger partial charge is 0.326 e. The van der Waals surface area contributed by atoms with Crippen LogP contribution in [0.25, 0.3) is 0 Å². The summed E-state index contributed by atoms with van der Waals surface area (Å²) in [5, 5.41) is 15.9. The largest absolute Gasteiger partial charge is 0.492 e. The van der Waals surface area contributed by atoms with Gasteiger partial charge < -0.3 is 25.4 Å². The van der Waals surface area contributed by atoms with Crippen LogP contribution in [0, 0.1) is 0 Å². The summed E-state index contributed by atoms with van der Waals surface area (Å²) in [7, 11) is 0. The highest BCUT2D eigenvalue weighted by Gasteiger charge is 2.40. The number of aromatic nitrogens is 1. The lowest BCUT2D eigenvalue weighted by Gasteiger charge is -2.48. The third-order valence-corrected chi connectivity index (χ3v) is 7.78. The van der Waals surface area contributed by atoms with Gasteiger partial charge in [0.2, 0.25) is 0 Å². The van der Waals surface area contributed by atoms with E-state index < -0.39 is 12.0 Å². The molecule has 39 heavy (non-hydrogen) atoms. The lowest BCUT2D eigenvalue weighted by atomic mass is 9.89. The van der Waals surface area contributed by atoms with E-state index in [0.29, 0.717) is 32.7 Å². The predicted octanol–water partition coefficient (Wildman–Crippen LogP) is 4.18. The number of ether oxygens (including phenoxy) is 1. The van der Waals surface area contributed by atoms with Gasteiger partial charge in [-0.2, -0.15) is 0 Å². The Morgan fingerprint density at radius 3 is 2.69 bits per heavy atom. The van der Waals surface area contributed by atoms with E-state index in [1.165, 1.54) is 5.56 Å². The highest BCUT2D eigenvalue weighted by molar-refractivity contribution is 5.83. The lowest BCUT2D eigenvalue weighted by Crippen LogP contribution is -2.63. The first-order valence-electron chi connectivity index (χ1n) is 14.3. The van der Waals surface area contributed by atoms with Gasteiger partial charge in [-0.1, -0.05) is 24.3 Å². The number of anilines is 1. The molecule has 2 aliphatic heterocycles. The number of carboxylic acid groups (broad SMARTS) is 1. The van der Waals surface area contributed by atoms with Gasteiger partial charge >= 0.3 is 12.0 Å². The molecule has 2 aliphatic rings. The average molecular weight is 538 g/mol. The number of carbonyl (C=O) groups is 2. The maximum atomic E-state index is 12.7. The topological polar surface area (TPSA) is 107 Å². The van der Waals surface area contributed by atoms with E-state index >= 15 is 0 Å². The summed E-state index contributed by atoms with van der Waals surface area (Å²) in [5.41, 5.74) is 2.17. The van der Waals surface area contributed by atoms with E-state index in [-0.39, 0.29) is 11.6 Å². The van der Waals surface area contributed by atoms with Crippen LogP contribution in [0.2, 0.25) is 0 Å². The number of carboxylic acids is 1. The molecule has 9 nitrogen and oxygen atoms in total. The Morgan fingerprint density at radius 1 is 1.15 bits per heavy atom. The first kappa shape index (κ1) is 28.7. The van der Waals surface area contributed by atoms with Gasteiger partial charge in [-0.3, -0.25) is 4.90 Å². The summed E-state index contributed by atoms with van der Waals surface area (Å²) in [4.78, 5) is 33.4. The number of aryl methyl sites for hydroxylation is 2. The third-order valence-electron chi connectivity index (χ3n) is 7.78. The maximum Gasteiger partial charge on any atom is 0.326 e. The van der Waals surface area contributed by atoms with E-state index in [4.69, 9.17) is 9.72 Å². The number of benzene rings is 1. The molecule has 1 atom stereocenters. The molecule has 1 fully saturated rings. The van der Waals surface area contributed by atoms with Crippen LogP contribution >= 0.6 is 0 Å². The summed E-state index contributed by atoms with van der Waals surface area (Å²) in [6, 6.07) is 12.8. The molecule has 2 aromatic rings. The Bertz CT molecular complexity index is 1090. The molecule has 212 valence electrons. The van der Waals surface area contributed by atoms with Crippen molar-refractivity contribution in [1.82, 2.24) is 20.1 Å². The molecule has 0 aliphatic carbocycles. The minimum Gasteiger partial charge on any atom is -0.492 e. The number of likely N-dealkylation sites (tertiary alicyclic amines) is 1. The number of hydrogen-bond acceptors (Lipinski definition) is 6. The van der Waals surface area contributed by atoms with E-state index in [2.05, 4.69) is 27.7 Å². The minimum absolute atomic E-state index is 0.225. The molecular weight excluding hydrogens is 494 g/mol. The van der Waals surface area contributed by atoms with Crippen molar-refractivity contribution in [2.75, 3.05) is 44.6 Å². The van der Waals surface area contributed by atoms with Crippen LogP contribution in [0.15, 0.2) is 42.5 Å². The van der Waals surface area contributed by atoms with Crippen molar-refractivity contribution in [2.24, 2.45) is 0 Å². The number of nitrogens with one attached hydrogen (secondary N) is 2. The predicted molar refractivity (Wildman–Crippen MR) is 152 cm³/mol. The zero-order valence-corrected chi connectivity index (χ0v) is 23.3. The number of nitrogens with zero attached hydrogens (tertiary/aromatic N) is 3. The molecule has 0 spiro atoms. The summed E-state index contributed by atoms with van der Waals surface area (Å²) in [5.74, 6) is 0.841. The fourth-order valence-corrected chi connectivity index (χ4v) is 5.14. The Labute approximate surface area is 231 Å². The number of urea groups is 1. The Hall–Kier alpha value is -3.33. The summed E-state index contributed by atoms with van der Waals surface area (Å²) in [6.45, 7) is 8.19. The van der Waals surface area contributed by atoms with Crippen LogP contribution < -0.4 is 15.4 Å². The second-order valence-electron chi connectivity index (χ2n) is 11.1. The normalized spacial score (nSPS) is 16.5. The first-order chi connectivity index (χ1) is 18.8. The summed E-state index contributed by atoms with van der Waals surface area (Å²) in [6.07, 6.45) is 6.35. The molecule has 0 unspecified atom stereocenters. The number of carbonyl (C=O) groups excluding carboxylic acids is 1. The average Bonchev–Trinajstić information content (AvgIpc) is 2.92. The summed E-state index contributed by atoms with van der Waals surface area (Å²) >= 11 is 0. The number of para-hydroxylation sites is 1. The van der Waals surface area contributed by atoms with Crippen molar-refractivity contribution in [3.63, 3.8) is 0 Å². The molecule has 4 rings (SSSR count). The Morgan fingerprint density at radius 2 is 1.97 bits per heavy atom. The van der Waals surface area contributed by atoms with Crippen LogP contribution in [0.3, 0.4) is 0 Å². The maximum absolute atomic E-state index is 12.7. The molecule has 1 aromatic heterocycles. The molecule has 0 saturated carbocycles. The summed E-state index contributed by atoms with van der Waals surface area (Å²) < 4.78 is 5.91. The molecule has 3 N–H and O–H groups in total. The molecule has 3 heterocycles. The fraction of sp³-hybridized carbons (Fsp3) is 0.567. The van der Waals surface area contributed by atoms with Gasteiger partial charge in [-0.15, -0.1) is 0 Å². The number of fused-ring (bicyclic) bond motifs is 1. The van der Waals surface area contributed by atoms with Crippen molar-refractivity contribution < 1.29 is 19.4 Å². The molecule has 0 radical (unpaired) electrons. The standard InChI is InChI=1S/C30H43N5O4/c1-30(2)16-20-35(30)29(38)33-26(28(36)37)15-19-34(21-22-39-25-11-4-3-5-12-25)18-7-6-10-24-14-13-23-9-8-17-31-27(23)32-24/h3-5,11-14,26H,6-10,15-22H2,1-2H3,(H,31,32)(H,33,38)(H,36,37)/t26-/m0/s1. The number of amides is 2. The van der Waals surface area contributed by atoms with E-state index in [9.17, 15) is 14.7 Å². The number of pyridine rings is 1. The van der Waals surface area contributed by atoms with Gasteiger partial charge in [0.25, 0.3) is 0 Å². The van der Waals surface area contributed by atoms with Gasteiger partial charge in [0.05, 0.1) is 0 Å². The van der Waals surface area contributed by atoms with Crippen LogP contribution in [0.5, 0.6) is 5.75 Å². The molecule has 9 heteroatoms. The van der Waals surface area contributed by atoms with Crippen molar-refractivity contribution >= 4 is 17.8 Å². The first-order valence-corrected chi connectivity index (χ1v) is 14.3. The van der Waals surface area contributed by atoms with Crippen molar-refractivity contribution in [2.45, 2.75) is 70.4 Å².